The SMILES string of the molecule is Cc1cc2ccccc2n1CCC(=O)N(C)Cc1nc(-c2ccncc2)no1. The third-order valence-corrected chi connectivity index (χ3v) is 4.77. The third-order valence-electron chi connectivity index (χ3n) is 4.77. The van der Waals surface area contributed by atoms with Gasteiger partial charge in [-0.3, -0.25) is 9.78 Å². The van der Waals surface area contributed by atoms with Crippen molar-refractivity contribution >= 4 is 16.8 Å². The van der Waals surface area contributed by atoms with Crippen LogP contribution in [-0.4, -0.2) is 37.5 Å². The first-order valence-corrected chi connectivity index (χ1v) is 9.13. The Hall–Kier alpha value is -3.48. The highest BCUT2D eigenvalue weighted by atomic mass is 16.5. The minimum atomic E-state index is 0.0286. The van der Waals surface area contributed by atoms with Crippen molar-refractivity contribution in [1.29, 1.82) is 0 Å². The lowest BCUT2D eigenvalue weighted by molar-refractivity contribution is -0.130. The summed E-state index contributed by atoms with van der Waals surface area (Å²) in [4.78, 5) is 22.5. The van der Waals surface area contributed by atoms with Gasteiger partial charge in [0, 0.05) is 49.2 Å². The zero-order chi connectivity index (χ0) is 19.5. The first kappa shape index (κ1) is 17.9. The van der Waals surface area contributed by atoms with Gasteiger partial charge in [-0.05, 0) is 36.6 Å². The summed E-state index contributed by atoms with van der Waals surface area (Å²) in [5, 5.41) is 5.17. The van der Waals surface area contributed by atoms with Gasteiger partial charge in [0.05, 0.1) is 6.54 Å². The maximum absolute atomic E-state index is 12.6. The number of hydrogen-bond donors (Lipinski definition) is 0. The van der Waals surface area contributed by atoms with Gasteiger partial charge in [-0.1, -0.05) is 23.4 Å². The van der Waals surface area contributed by atoms with Gasteiger partial charge in [0.15, 0.2) is 0 Å². The number of rotatable bonds is 6. The molecule has 0 atom stereocenters. The van der Waals surface area contributed by atoms with Crippen LogP contribution in [0.4, 0.5) is 0 Å². The molecule has 3 aromatic heterocycles. The van der Waals surface area contributed by atoms with Crippen molar-refractivity contribution in [3.63, 3.8) is 0 Å². The Morgan fingerprint density at radius 2 is 1.96 bits per heavy atom. The second-order valence-electron chi connectivity index (χ2n) is 6.74. The minimum absolute atomic E-state index is 0.0286. The summed E-state index contributed by atoms with van der Waals surface area (Å²) >= 11 is 0. The minimum Gasteiger partial charge on any atom is -0.344 e. The molecule has 0 aliphatic heterocycles. The molecule has 7 nitrogen and oxygen atoms in total. The number of carbonyl (C=O) groups is 1. The lowest BCUT2D eigenvalue weighted by Crippen LogP contribution is -2.27. The molecule has 3 heterocycles. The van der Waals surface area contributed by atoms with Crippen molar-refractivity contribution in [2.24, 2.45) is 0 Å². The number of para-hydroxylation sites is 1. The van der Waals surface area contributed by atoms with E-state index >= 15 is 0 Å². The van der Waals surface area contributed by atoms with Crippen LogP contribution in [0, 0.1) is 6.92 Å². The number of aryl methyl sites for hydroxylation is 2. The molecule has 0 aliphatic rings. The van der Waals surface area contributed by atoms with E-state index in [-0.39, 0.29) is 12.5 Å². The van der Waals surface area contributed by atoms with Crippen LogP contribution in [-0.2, 0) is 17.9 Å². The first-order valence-electron chi connectivity index (χ1n) is 9.13. The summed E-state index contributed by atoms with van der Waals surface area (Å²) in [5.41, 5.74) is 3.12. The van der Waals surface area contributed by atoms with Crippen LogP contribution in [0.1, 0.15) is 18.0 Å². The summed E-state index contributed by atoms with van der Waals surface area (Å²) in [6.07, 6.45) is 3.75. The fourth-order valence-electron chi connectivity index (χ4n) is 3.27. The van der Waals surface area contributed by atoms with Crippen molar-refractivity contribution in [3.05, 3.63) is 66.4 Å². The van der Waals surface area contributed by atoms with Crippen LogP contribution in [0.5, 0.6) is 0 Å². The number of nitrogens with zero attached hydrogens (tertiary/aromatic N) is 5. The van der Waals surface area contributed by atoms with Gasteiger partial charge < -0.3 is 14.0 Å². The fraction of sp³-hybridized carbons (Fsp3) is 0.238. The Labute approximate surface area is 162 Å². The van der Waals surface area contributed by atoms with Crippen molar-refractivity contribution < 1.29 is 9.32 Å². The zero-order valence-corrected chi connectivity index (χ0v) is 15.9. The van der Waals surface area contributed by atoms with Crippen LogP contribution in [0.2, 0.25) is 0 Å². The van der Waals surface area contributed by atoms with Crippen LogP contribution in [0.15, 0.2) is 59.4 Å². The average molecular weight is 375 g/mol. The van der Waals surface area contributed by atoms with Gasteiger partial charge in [-0.15, -0.1) is 0 Å². The lowest BCUT2D eigenvalue weighted by atomic mass is 10.2. The molecule has 0 saturated heterocycles. The normalized spacial score (nSPS) is 11.1. The maximum atomic E-state index is 12.6. The number of carbonyl (C=O) groups excluding carboxylic acids is 1. The predicted octanol–water partition coefficient (Wildman–Crippen LogP) is 3.44. The Morgan fingerprint density at radius 3 is 2.79 bits per heavy atom. The highest BCUT2D eigenvalue weighted by molar-refractivity contribution is 5.81. The molecule has 0 spiro atoms. The van der Waals surface area contributed by atoms with E-state index in [1.807, 2.05) is 24.3 Å². The summed E-state index contributed by atoms with van der Waals surface area (Å²) < 4.78 is 7.46. The van der Waals surface area contributed by atoms with Gasteiger partial charge in [0.25, 0.3) is 0 Å². The molecule has 0 unspecified atom stereocenters. The number of pyridine rings is 1. The van der Waals surface area contributed by atoms with E-state index in [9.17, 15) is 4.79 Å². The standard InChI is InChI=1S/C21H21N5O2/c1-15-13-17-5-3-4-6-18(17)26(15)12-9-20(27)25(2)14-19-23-21(24-28-19)16-7-10-22-11-8-16/h3-8,10-11,13H,9,12,14H2,1-2H3. The molecule has 0 N–H and O–H groups in total. The summed E-state index contributed by atoms with van der Waals surface area (Å²) in [6, 6.07) is 14.0. The molecule has 1 amide bonds. The fourth-order valence-corrected chi connectivity index (χ4v) is 3.27. The summed E-state index contributed by atoms with van der Waals surface area (Å²) in [6.45, 7) is 2.98. The Bertz CT molecular complexity index is 1100. The van der Waals surface area contributed by atoms with Crippen LogP contribution >= 0.6 is 0 Å². The monoisotopic (exact) mass is 375 g/mol. The molecule has 4 rings (SSSR count). The Balaban J connectivity index is 1.39. The number of aromatic nitrogens is 4. The van der Waals surface area contributed by atoms with Crippen LogP contribution in [0.3, 0.4) is 0 Å². The summed E-state index contributed by atoms with van der Waals surface area (Å²) in [7, 11) is 1.75. The predicted molar refractivity (Wildman–Crippen MR) is 105 cm³/mol. The van der Waals surface area contributed by atoms with Gasteiger partial charge >= 0.3 is 0 Å². The van der Waals surface area contributed by atoms with Gasteiger partial charge in [-0.2, -0.15) is 4.98 Å². The van der Waals surface area contributed by atoms with E-state index < -0.39 is 0 Å². The molecule has 0 aliphatic carbocycles. The van der Waals surface area contributed by atoms with Crippen molar-refractivity contribution in [3.8, 4) is 11.4 Å². The zero-order valence-electron chi connectivity index (χ0n) is 15.9. The Morgan fingerprint density at radius 1 is 1.18 bits per heavy atom. The number of hydrogen-bond acceptors (Lipinski definition) is 5. The van der Waals surface area contributed by atoms with Crippen molar-refractivity contribution in [1.82, 2.24) is 24.6 Å². The van der Waals surface area contributed by atoms with E-state index in [1.54, 1.807) is 24.3 Å². The molecular weight excluding hydrogens is 354 g/mol. The summed E-state index contributed by atoms with van der Waals surface area (Å²) in [5.74, 6) is 0.929. The molecule has 0 fully saturated rings. The topological polar surface area (TPSA) is 77.1 Å². The van der Waals surface area contributed by atoms with Crippen molar-refractivity contribution in [2.75, 3.05) is 7.05 Å². The largest absolute Gasteiger partial charge is 0.344 e. The maximum Gasteiger partial charge on any atom is 0.246 e. The highest BCUT2D eigenvalue weighted by Gasteiger charge is 2.15. The number of amides is 1. The van der Waals surface area contributed by atoms with Gasteiger partial charge in [0.2, 0.25) is 17.6 Å². The molecule has 4 aromatic rings. The van der Waals surface area contributed by atoms with Crippen LogP contribution in [0.25, 0.3) is 22.3 Å². The highest BCUT2D eigenvalue weighted by Crippen LogP contribution is 2.20. The number of fused-ring (bicyclic) bond motifs is 1. The molecule has 0 radical (unpaired) electrons. The molecule has 28 heavy (non-hydrogen) atoms. The second kappa shape index (κ2) is 7.64. The Kier molecular flexibility index (Phi) is 4.89. The molecule has 0 saturated carbocycles. The van der Waals surface area contributed by atoms with Crippen molar-refractivity contribution in [2.45, 2.75) is 26.4 Å². The second-order valence-corrected chi connectivity index (χ2v) is 6.74. The molecule has 0 bridgehead atoms. The van der Waals surface area contributed by atoms with E-state index in [0.717, 1.165) is 16.8 Å². The average Bonchev–Trinajstić information content (AvgIpc) is 3.30. The van der Waals surface area contributed by atoms with E-state index in [4.69, 9.17) is 4.52 Å². The van der Waals surface area contributed by atoms with E-state index in [0.29, 0.717) is 24.7 Å². The molecule has 7 heteroatoms. The third kappa shape index (κ3) is 3.64. The first-order chi connectivity index (χ1) is 13.6. The smallest absolute Gasteiger partial charge is 0.246 e. The van der Waals surface area contributed by atoms with E-state index in [1.165, 1.54) is 5.39 Å². The van der Waals surface area contributed by atoms with Crippen LogP contribution < -0.4 is 0 Å². The quantitative estimate of drug-likeness (QED) is 0.516. The molecule has 142 valence electrons. The molecular formula is C21H21N5O2. The number of benzene rings is 1. The lowest BCUT2D eigenvalue weighted by Gasteiger charge is -2.16. The van der Waals surface area contributed by atoms with E-state index in [2.05, 4.69) is 44.8 Å². The van der Waals surface area contributed by atoms with Gasteiger partial charge in [0.1, 0.15) is 0 Å². The molecule has 1 aromatic carbocycles. The van der Waals surface area contributed by atoms with Gasteiger partial charge in [-0.25, -0.2) is 0 Å².